The fourth-order valence-electron chi connectivity index (χ4n) is 1.33. The van der Waals surface area contributed by atoms with Crippen LogP contribution in [-0.2, 0) is 0 Å². The molecule has 0 unspecified atom stereocenters. The third-order valence-corrected chi connectivity index (χ3v) is 1.93. The molecule has 0 bridgehead atoms. The van der Waals surface area contributed by atoms with Gasteiger partial charge < -0.3 is 4.98 Å². The minimum absolute atomic E-state index is 1.18. The Morgan fingerprint density at radius 1 is 1.23 bits per heavy atom. The van der Waals surface area contributed by atoms with E-state index in [1.807, 2.05) is 26.2 Å². The van der Waals surface area contributed by atoms with Gasteiger partial charge in [-0.05, 0) is 30.0 Å². The maximum Gasteiger partial charge on any atom is 0.00840 e. The van der Waals surface area contributed by atoms with Gasteiger partial charge >= 0.3 is 0 Å². The zero-order chi connectivity index (χ0) is 9.52. The Hall–Kier alpha value is -1.24. The first-order valence-electron chi connectivity index (χ1n) is 4.97. The van der Waals surface area contributed by atoms with Gasteiger partial charge in [-0.1, -0.05) is 32.1 Å². The second-order valence-electron chi connectivity index (χ2n) is 2.74. The van der Waals surface area contributed by atoms with E-state index in [0.29, 0.717) is 0 Å². The monoisotopic (exact) mass is 175 g/mol. The molecule has 0 aliphatic heterocycles. The van der Waals surface area contributed by atoms with Crippen LogP contribution in [0.1, 0.15) is 32.3 Å². The van der Waals surface area contributed by atoms with E-state index < -0.39 is 0 Å². The van der Waals surface area contributed by atoms with Crippen molar-refractivity contribution in [2.45, 2.75) is 26.7 Å². The molecule has 1 aromatic heterocycles. The number of rotatable bonds is 1. The van der Waals surface area contributed by atoms with Gasteiger partial charge in [-0.25, -0.2) is 0 Å². The molecule has 13 heavy (non-hydrogen) atoms. The maximum absolute atomic E-state index is 3.05. The molecule has 0 amide bonds. The predicted molar refractivity (Wildman–Crippen MR) is 58.5 cm³/mol. The molecule has 0 spiro atoms. The Bertz CT molecular complexity index is 278. The van der Waals surface area contributed by atoms with Gasteiger partial charge in [0.2, 0.25) is 0 Å². The van der Waals surface area contributed by atoms with Gasteiger partial charge in [0.1, 0.15) is 0 Å². The van der Waals surface area contributed by atoms with Crippen LogP contribution in [0, 0.1) is 0 Å². The number of hydrogen-bond acceptors (Lipinski definition) is 0. The topological polar surface area (TPSA) is 15.8 Å². The Morgan fingerprint density at radius 3 is 2.62 bits per heavy atom. The number of aromatic amines is 1. The highest BCUT2D eigenvalue weighted by Crippen LogP contribution is 2.19. The molecule has 1 N–H and O–H groups in total. The second kappa shape index (κ2) is 5.41. The molecule has 1 aliphatic carbocycles. The van der Waals surface area contributed by atoms with Crippen molar-refractivity contribution in [3.8, 4) is 0 Å². The van der Waals surface area contributed by atoms with Crippen molar-refractivity contribution in [2.24, 2.45) is 0 Å². The van der Waals surface area contributed by atoms with Crippen LogP contribution in [0.3, 0.4) is 0 Å². The summed E-state index contributed by atoms with van der Waals surface area (Å²) in [4.78, 5) is 3.05. The number of allylic oxidation sites excluding steroid dienone is 4. The van der Waals surface area contributed by atoms with E-state index in [-0.39, 0.29) is 0 Å². The lowest BCUT2D eigenvalue weighted by atomic mass is 10.0. The molecule has 2 rings (SSSR count). The van der Waals surface area contributed by atoms with Crippen LogP contribution in [0.15, 0.2) is 36.7 Å². The van der Waals surface area contributed by atoms with Crippen LogP contribution in [0.4, 0.5) is 0 Å². The molecule has 0 fully saturated rings. The highest BCUT2D eigenvalue weighted by molar-refractivity contribution is 5.74. The zero-order valence-corrected chi connectivity index (χ0v) is 8.38. The maximum atomic E-state index is 3.05. The third-order valence-electron chi connectivity index (χ3n) is 1.93. The Labute approximate surface area is 80.2 Å². The van der Waals surface area contributed by atoms with E-state index in [2.05, 4.69) is 29.3 Å². The summed E-state index contributed by atoms with van der Waals surface area (Å²) in [5, 5.41) is 0. The van der Waals surface area contributed by atoms with Crippen molar-refractivity contribution in [1.29, 1.82) is 0 Å². The number of nitrogens with one attached hydrogen (secondary N) is 1. The van der Waals surface area contributed by atoms with Crippen LogP contribution in [-0.4, -0.2) is 4.98 Å². The van der Waals surface area contributed by atoms with E-state index in [1.54, 1.807) is 0 Å². The first kappa shape index (κ1) is 9.85. The van der Waals surface area contributed by atoms with E-state index in [1.165, 1.54) is 24.0 Å². The molecular formula is C12H17N. The van der Waals surface area contributed by atoms with Gasteiger partial charge in [0.15, 0.2) is 0 Å². The number of H-pyrrole nitrogens is 1. The standard InChI is InChI=1S/C10H11N.C2H6/c1-2-4-9(5-3-1)10-6-7-11-8-10;1-2/h2,4-8,11H,1,3H2;1-2H3. The van der Waals surface area contributed by atoms with E-state index >= 15 is 0 Å². The van der Waals surface area contributed by atoms with Crippen molar-refractivity contribution in [3.05, 3.63) is 42.3 Å². The summed E-state index contributed by atoms with van der Waals surface area (Å²) in [5.74, 6) is 0. The lowest BCUT2D eigenvalue weighted by Crippen LogP contribution is -1.82. The molecular weight excluding hydrogens is 158 g/mol. The molecule has 1 heterocycles. The van der Waals surface area contributed by atoms with Crippen LogP contribution in [0.2, 0.25) is 0 Å². The summed E-state index contributed by atoms with van der Waals surface area (Å²) in [6.45, 7) is 4.00. The Kier molecular flexibility index (Phi) is 4.10. The smallest absolute Gasteiger partial charge is 0.00840 e. The van der Waals surface area contributed by atoms with Crippen molar-refractivity contribution >= 4 is 5.57 Å². The number of hydrogen-bond donors (Lipinski definition) is 1. The van der Waals surface area contributed by atoms with Crippen molar-refractivity contribution in [3.63, 3.8) is 0 Å². The largest absolute Gasteiger partial charge is 0.367 e. The average Bonchev–Trinajstić information content (AvgIpc) is 2.75. The third kappa shape index (κ3) is 2.62. The highest BCUT2D eigenvalue weighted by atomic mass is 14.6. The highest BCUT2D eigenvalue weighted by Gasteiger charge is 1.99. The molecule has 0 aromatic carbocycles. The molecule has 0 atom stereocenters. The van der Waals surface area contributed by atoms with Gasteiger partial charge in [-0.3, -0.25) is 0 Å². The molecule has 1 heteroatoms. The lowest BCUT2D eigenvalue weighted by Gasteiger charge is -2.03. The molecule has 0 saturated heterocycles. The summed E-state index contributed by atoms with van der Waals surface area (Å²) in [7, 11) is 0. The molecule has 1 aromatic rings. The van der Waals surface area contributed by atoms with Gasteiger partial charge in [-0.15, -0.1) is 0 Å². The summed E-state index contributed by atoms with van der Waals surface area (Å²) in [5.41, 5.74) is 2.64. The van der Waals surface area contributed by atoms with Gasteiger partial charge in [0, 0.05) is 12.4 Å². The van der Waals surface area contributed by atoms with Crippen molar-refractivity contribution < 1.29 is 0 Å². The SMILES string of the molecule is C1=CC(c2cc[nH]c2)=CCC1.CC. The molecule has 70 valence electrons. The minimum atomic E-state index is 1.18. The van der Waals surface area contributed by atoms with Crippen molar-refractivity contribution in [2.75, 3.05) is 0 Å². The van der Waals surface area contributed by atoms with Crippen LogP contribution >= 0.6 is 0 Å². The van der Waals surface area contributed by atoms with Crippen LogP contribution < -0.4 is 0 Å². The normalized spacial score (nSPS) is 14.5. The Balaban J connectivity index is 0.000000396. The van der Waals surface area contributed by atoms with E-state index in [9.17, 15) is 0 Å². The molecule has 1 nitrogen and oxygen atoms in total. The van der Waals surface area contributed by atoms with Crippen LogP contribution in [0.25, 0.3) is 5.57 Å². The summed E-state index contributed by atoms with van der Waals surface area (Å²) in [6, 6.07) is 2.10. The fraction of sp³-hybridized carbons (Fsp3) is 0.333. The first-order valence-corrected chi connectivity index (χ1v) is 4.97. The summed E-state index contributed by atoms with van der Waals surface area (Å²) in [6.07, 6.45) is 13.0. The van der Waals surface area contributed by atoms with Crippen molar-refractivity contribution in [1.82, 2.24) is 4.98 Å². The lowest BCUT2D eigenvalue weighted by molar-refractivity contribution is 1.04. The number of aromatic nitrogens is 1. The second-order valence-corrected chi connectivity index (χ2v) is 2.74. The average molecular weight is 175 g/mol. The van der Waals surface area contributed by atoms with Gasteiger partial charge in [0.05, 0.1) is 0 Å². The van der Waals surface area contributed by atoms with Crippen LogP contribution in [0.5, 0.6) is 0 Å². The molecule has 1 aliphatic rings. The van der Waals surface area contributed by atoms with Gasteiger partial charge in [-0.2, -0.15) is 0 Å². The van der Waals surface area contributed by atoms with E-state index in [0.717, 1.165) is 0 Å². The molecule has 0 radical (unpaired) electrons. The minimum Gasteiger partial charge on any atom is -0.367 e. The first-order chi connectivity index (χ1) is 6.47. The summed E-state index contributed by atoms with van der Waals surface area (Å²) >= 11 is 0. The van der Waals surface area contributed by atoms with E-state index in [4.69, 9.17) is 0 Å². The fourth-order valence-corrected chi connectivity index (χ4v) is 1.33. The Morgan fingerprint density at radius 2 is 2.08 bits per heavy atom. The summed E-state index contributed by atoms with van der Waals surface area (Å²) < 4.78 is 0. The van der Waals surface area contributed by atoms with Gasteiger partial charge in [0.25, 0.3) is 0 Å². The quantitative estimate of drug-likeness (QED) is 0.668. The zero-order valence-electron chi connectivity index (χ0n) is 8.38. The molecule has 0 saturated carbocycles. The predicted octanol–water partition coefficient (Wildman–Crippen LogP) is 3.77.